The fourth-order valence-electron chi connectivity index (χ4n) is 2.90. The van der Waals surface area contributed by atoms with Gasteiger partial charge >= 0.3 is 17.1 Å². The third-order valence-corrected chi connectivity index (χ3v) is 4.14. The number of hydrogen-bond acceptors (Lipinski definition) is 0. The molecule has 0 aliphatic rings. The maximum absolute atomic E-state index is 2.27. The normalized spacial score (nSPS) is 11.4. The van der Waals surface area contributed by atoms with Gasteiger partial charge < -0.3 is 4.57 Å². The smallest absolute Gasteiger partial charge is 0.350 e. The number of aryl methyl sites for hydroxylation is 1. The van der Waals surface area contributed by atoms with Gasteiger partial charge in [-0.15, -0.1) is 0 Å². The Bertz CT molecular complexity index is 790. The third kappa shape index (κ3) is 3.85. The maximum atomic E-state index is 2.27. The molecule has 0 N–H and O–H groups in total. The van der Waals surface area contributed by atoms with Crippen LogP contribution in [0.2, 0.25) is 0 Å². The molecule has 3 aromatic carbocycles. The molecule has 1 atom stereocenters. The van der Waals surface area contributed by atoms with E-state index < -0.39 is 0 Å². The van der Waals surface area contributed by atoms with Gasteiger partial charge in [-0.2, -0.15) is 42.0 Å². The minimum absolute atomic E-state index is 0. The third-order valence-electron chi connectivity index (χ3n) is 4.14. The van der Waals surface area contributed by atoms with Gasteiger partial charge in [0.15, 0.2) is 0 Å². The summed E-state index contributed by atoms with van der Waals surface area (Å²) in [6, 6.07) is 27.2. The SMILES string of the molecule is CC(c1cc[cH-]c1)c1cn(C)c2ccccc12.[Fe+2].c1cc[cH-]c1. The average molecular weight is 343 g/mol. The number of aromatic nitrogens is 1. The quantitative estimate of drug-likeness (QED) is 0.337. The Labute approximate surface area is 148 Å². The summed E-state index contributed by atoms with van der Waals surface area (Å²) < 4.78 is 2.21. The first kappa shape index (κ1) is 17.3. The molecule has 23 heavy (non-hydrogen) atoms. The Kier molecular flexibility index (Phi) is 6.04. The molecule has 1 unspecified atom stereocenters. The van der Waals surface area contributed by atoms with Gasteiger partial charge in [-0.05, 0) is 17.5 Å². The summed E-state index contributed by atoms with van der Waals surface area (Å²) in [5.74, 6) is 0.455. The Morgan fingerprint density at radius 3 is 2.26 bits per heavy atom. The molecule has 1 nitrogen and oxygen atoms in total. The van der Waals surface area contributed by atoms with Crippen LogP contribution >= 0.6 is 0 Å². The second kappa shape index (κ2) is 8.01. The molecule has 0 aliphatic heterocycles. The topological polar surface area (TPSA) is 4.93 Å². The van der Waals surface area contributed by atoms with Crippen molar-refractivity contribution < 1.29 is 17.1 Å². The van der Waals surface area contributed by atoms with E-state index in [4.69, 9.17) is 0 Å². The van der Waals surface area contributed by atoms with E-state index in [2.05, 4.69) is 73.3 Å². The number of fused-ring (bicyclic) bond motifs is 1. The molecule has 0 saturated carbocycles. The van der Waals surface area contributed by atoms with Crippen LogP contribution in [0.5, 0.6) is 0 Å². The van der Waals surface area contributed by atoms with Crippen LogP contribution in [-0.4, -0.2) is 4.57 Å². The van der Waals surface area contributed by atoms with E-state index in [-0.39, 0.29) is 17.1 Å². The van der Waals surface area contributed by atoms with Crippen LogP contribution in [0, 0.1) is 0 Å². The summed E-state index contributed by atoms with van der Waals surface area (Å²) in [6.45, 7) is 2.27. The number of benzene rings is 1. The maximum Gasteiger partial charge on any atom is 2.00 e. The molecule has 0 saturated heterocycles. The van der Waals surface area contributed by atoms with Gasteiger partial charge in [0.05, 0.1) is 0 Å². The van der Waals surface area contributed by atoms with Crippen LogP contribution in [0.4, 0.5) is 0 Å². The summed E-state index contributed by atoms with van der Waals surface area (Å²) in [4.78, 5) is 0. The molecule has 1 aromatic heterocycles. The molecular formula is C21H21FeN. The van der Waals surface area contributed by atoms with Gasteiger partial charge in [-0.25, -0.2) is 18.2 Å². The van der Waals surface area contributed by atoms with Gasteiger partial charge in [0.25, 0.3) is 0 Å². The van der Waals surface area contributed by atoms with Crippen molar-refractivity contribution in [2.45, 2.75) is 12.8 Å². The van der Waals surface area contributed by atoms with E-state index in [0.717, 1.165) is 0 Å². The summed E-state index contributed by atoms with van der Waals surface area (Å²) in [6.07, 6.45) is 2.25. The second-order valence-corrected chi connectivity index (χ2v) is 5.61. The number of nitrogens with zero attached hydrogens (tertiary/aromatic N) is 1. The van der Waals surface area contributed by atoms with Crippen molar-refractivity contribution in [3.8, 4) is 0 Å². The molecule has 2 heteroatoms. The molecule has 0 bridgehead atoms. The van der Waals surface area contributed by atoms with Crippen molar-refractivity contribution in [1.82, 2.24) is 4.57 Å². The fraction of sp³-hybridized carbons (Fsp3) is 0.143. The predicted molar refractivity (Wildman–Crippen MR) is 94.5 cm³/mol. The van der Waals surface area contributed by atoms with Crippen molar-refractivity contribution in [3.05, 3.63) is 96.2 Å². The van der Waals surface area contributed by atoms with Gasteiger partial charge in [0.1, 0.15) is 0 Å². The molecule has 4 aromatic rings. The first-order valence-corrected chi connectivity index (χ1v) is 7.69. The number of para-hydroxylation sites is 1. The van der Waals surface area contributed by atoms with Gasteiger partial charge in [0, 0.05) is 24.1 Å². The Hall–Kier alpha value is -2.02. The van der Waals surface area contributed by atoms with E-state index in [1.165, 1.54) is 22.0 Å². The van der Waals surface area contributed by atoms with Crippen LogP contribution in [0.3, 0.4) is 0 Å². The van der Waals surface area contributed by atoms with Crippen molar-refractivity contribution >= 4 is 10.9 Å². The summed E-state index contributed by atoms with van der Waals surface area (Å²) >= 11 is 0. The average Bonchev–Trinajstić information content (AvgIpc) is 3.31. The summed E-state index contributed by atoms with van der Waals surface area (Å²) in [7, 11) is 2.11. The molecule has 1 heterocycles. The van der Waals surface area contributed by atoms with Crippen LogP contribution in [-0.2, 0) is 24.1 Å². The summed E-state index contributed by atoms with van der Waals surface area (Å²) in [5.41, 5.74) is 4.11. The largest absolute Gasteiger partial charge is 2.00 e. The number of rotatable bonds is 2. The molecule has 4 rings (SSSR count). The van der Waals surface area contributed by atoms with E-state index in [1.807, 2.05) is 30.3 Å². The number of hydrogen-bond donors (Lipinski definition) is 0. The standard InChI is InChI=1S/C16H16N.C5H5.Fe/c1-12(13-7-3-4-8-13)15-11-17(2)16-10-6-5-9-14(15)16;1-2-4-5-3-1;/h3-12H,1-2H3;1-5H;/q2*-1;+2. The van der Waals surface area contributed by atoms with Crippen molar-refractivity contribution in [3.63, 3.8) is 0 Å². The molecular weight excluding hydrogens is 322 g/mol. The molecule has 0 aliphatic carbocycles. The fourth-order valence-corrected chi connectivity index (χ4v) is 2.90. The molecule has 118 valence electrons. The molecule has 0 fully saturated rings. The van der Waals surface area contributed by atoms with E-state index in [0.29, 0.717) is 5.92 Å². The Morgan fingerprint density at radius 2 is 1.65 bits per heavy atom. The van der Waals surface area contributed by atoms with Crippen molar-refractivity contribution in [2.24, 2.45) is 7.05 Å². The van der Waals surface area contributed by atoms with E-state index in [1.54, 1.807) is 0 Å². The first-order valence-electron chi connectivity index (χ1n) is 7.69. The van der Waals surface area contributed by atoms with Gasteiger partial charge in [0.2, 0.25) is 0 Å². The summed E-state index contributed by atoms with van der Waals surface area (Å²) in [5, 5.41) is 1.36. The minimum Gasteiger partial charge on any atom is -0.350 e. The van der Waals surface area contributed by atoms with Crippen LogP contribution in [0.1, 0.15) is 24.0 Å². The van der Waals surface area contributed by atoms with Gasteiger partial charge in [-0.3, -0.25) is 0 Å². The molecule has 0 spiro atoms. The monoisotopic (exact) mass is 343 g/mol. The van der Waals surface area contributed by atoms with Crippen molar-refractivity contribution in [2.75, 3.05) is 0 Å². The zero-order valence-electron chi connectivity index (χ0n) is 13.5. The molecule has 0 radical (unpaired) electrons. The van der Waals surface area contributed by atoms with E-state index >= 15 is 0 Å². The van der Waals surface area contributed by atoms with Gasteiger partial charge in [-0.1, -0.05) is 25.1 Å². The van der Waals surface area contributed by atoms with Crippen LogP contribution in [0.25, 0.3) is 10.9 Å². The second-order valence-electron chi connectivity index (χ2n) is 5.61. The Morgan fingerprint density at radius 1 is 0.913 bits per heavy atom. The van der Waals surface area contributed by atoms with Crippen molar-refractivity contribution in [1.29, 1.82) is 0 Å². The predicted octanol–water partition coefficient (Wildman–Crippen LogP) is 5.45. The van der Waals surface area contributed by atoms with Crippen LogP contribution in [0.15, 0.2) is 85.1 Å². The van der Waals surface area contributed by atoms with E-state index in [9.17, 15) is 0 Å². The zero-order chi connectivity index (χ0) is 15.4. The minimum atomic E-state index is 0. The van der Waals surface area contributed by atoms with Crippen LogP contribution < -0.4 is 0 Å². The molecule has 0 amide bonds. The zero-order valence-corrected chi connectivity index (χ0v) is 14.6. The first-order chi connectivity index (χ1) is 10.8. The Balaban J connectivity index is 0.000000276.